The van der Waals surface area contributed by atoms with Crippen LogP contribution in [-0.2, 0) is 6.42 Å². The van der Waals surface area contributed by atoms with E-state index in [0.717, 1.165) is 6.42 Å². The van der Waals surface area contributed by atoms with Crippen LogP contribution in [0.5, 0.6) is 5.75 Å². The fourth-order valence-corrected chi connectivity index (χ4v) is 3.58. The molecule has 1 aliphatic carbocycles. The number of aryl methyl sites for hydroxylation is 1. The van der Waals surface area contributed by atoms with Gasteiger partial charge in [-0.2, -0.15) is 0 Å². The summed E-state index contributed by atoms with van der Waals surface area (Å²) in [5.74, 6) is 0.409. The molecule has 1 aromatic rings. The quantitative estimate of drug-likeness (QED) is 0.904. The molecule has 0 aromatic heterocycles. The van der Waals surface area contributed by atoms with Gasteiger partial charge in [-0.15, -0.1) is 0 Å². The van der Waals surface area contributed by atoms with Gasteiger partial charge in [-0.05, 0) is 49.1 Å². The number of benzene rings is 1. The lowest BCUT2D eigenvalue weighted by Crippen LogP contribution is -2.47. The van der Waals surface area contributed by atoms with Crippen LogP contribution in [0.2, 0.25) is 0 Å². The Balaban J connectivity index is 1.66. The highest BCUT2D eigenvalue weighted by molar-refractivity contribution is 5.40. The van der Waals surface area contributed by atoms with Crippen LogP contribution in [0.25, 0.3) is 0 Å². The van der Waals surface area contributed by atoms with Crippen molar-refractivity contribution in [2.24, 2.45) is 0 Å². The van der Waals surface area contributed by atoms with Gasteiger partial charge >= 0.3 is 0 Å². The summed E-state index contributed by atoms with van der Waals surface area (Å²) in [6, 6.07) is 6.49. The van der Waals surface area contributed by atoms with Gasteiger partial charge in [-0.3, -0.25) is 4.90 Å². The lowest BCUT2D eigenvalue weighted by molar-refractivity contribution is 0.0961. The van der Waals surface area contributed by atoms with E-state index in [0.29, 0.717) is 11.8 Å². The Labute approximate surface area is 115 Å². The van der Waals surface area contributed by atoms with Gasteiger partial charge in [0.2, 0.25) is 0 Å². The Bertz CT molecular complexity index is 438. The highest BCUT2D eigenvalue weighted by atomic mass is 16.3. The molecule has 1 atom stereocenters. The molecule has 3 nitrogen and oxygen atoms in total. The van der Waals surface area contributed by atoms with Gasteiger partial charge in [0.05, 0.1) is 0 Å². The van der Waals surface area contributed by atoms with E-state index in [1.165, 1.54) is 56.7 Å². The van der Waals surface area contributed by atoms with E-state index in [4.69, 9.17) is 0 Å². The molecule has 0 amide bonds. The van der Waals surface area contributed by atoms with Gasteiger partial charge in [-0.1, -0.05) is 13.0 Å². The van der Waals surface area contributed by atoms with Crippen molar-refractivity contribution in [3.63, 3.8) is 0 Å². The van der Waals surface area contributed by atoms with Gasteiger partial charge in [0.1, 0.15) is 5.75 Å². The third kappa shape index (κ3) is 2.63. The number of rotatable bonds is 3. The van der Waals surface area contributed by atoms with E-state index < -0.39 is 0 Å². The number of aromatic hydroxyl groups is 1. The van der Waals surface area contributed by atoms with Crippen LogP contribution in [0.15, 0.2) is 18.2 Å². The van der Waals surface area contributed by atoms with Crippen LogP contribution in [-0.4, -0.2) is 47.6 Å². The molecule has 1 saturated heterocycles. The number of hydrogen-bond acceptors (Lipinski definition) is 3. The van der Waals surface area contributed by atoms with Crippen molar-refractivity contribution in [3.8, 4) is 5.75 Å². The molecule has 1 fully saturated rings. The molecule has 2 aliphatic rings. The maximum absolute atomic E-state index is 9.57. The number of piperazine rings is 1. The maximum Gasteiger partial charge on any atom is 0.115 e. The van der Waals surface area contributed by atoms with Crippen molar-refractivity contribution in [2.75, 3.05) is 32.7 Å². The van der Waals surface area contributed by atoms with E-state index in [9.17, 15) is 5.11 Å². The molecule has 0 radical (unpaired) electrons. The second-order valence-electron chi connectivity index (χ2n) is 5.82. The third-order valence-electron chi connectivity index (χ3n) is 4.56. The summed E-state index contributed by atoms with van der Waals surface area (Å²) in [6.07, 6.45) is 3.58. The number of phenols is 1. The first kappa shape index (κ1) is 12.9. The molecule has 19 heavy (non-hydrogen) atoms. The van der Waals surface area contributed by atoms with Gasteiger partial charge in [0.25, 0.3) is 0 Å². The maximum atomic E-state index is 9.57. The highest BCUT2D eigenvalue weighted by Crippen LogP contribution is 2.37. The molecule has 0 saturated carbocycles. The lowest BCUT2D eigenvalue weighted by Gasteiger charge is -2.38. The molecule has 0 spiro atoms. The SMILES string of the molecule is CCCN1CCN(C2CCc3cc(O)ccc32)CC1. The molecular weight excluding hydrogens is 236 g/mol. The summed E-state index contributed by atoms with van der Waals surface area (Å²) >= 11 is 0. The Morgan fingerprint density at radius 3 is 2.74 bits per heavy atom. The van der Waals surface area contributed by atoms with Crippen molar-refractivity contribution in [1.82, 2.24) is 9.80 Å². The normalized spacial score (nSPS) is 24.6. The van der Waals surface area contributed by atoms with E-state index in [1.54, 1.807) is 0 Å². The summed E-state index contributed by atoms with van der Waals surface area (Å²) < 4.78 is 0. The summed E-state index contributed by atoms with van der Waals surface area (Å²) in [5, 5.41) is 9.57. The zero-order valence-corrected chi connectivity index (χ0v) is 11.8. The predicted molar refractivity (Wildman–Crippen MR) is 77.5 cm³/mol. The van der Waals surface area contributed by atoms with Gasteiger partial charge in [0.15, 0.2) is 0 Å². The average Bonchev–Trinajstić information content (AvgIpc) is 2.83. The van der Waals surface area contributed by atoms with Crippen LogP contribution in [0.1, 0.15) is 36.9 Å². The zero-order chi connectivity index (χ0) is 13.2. The monoisotopic (exact) mass is 260 g/mol. The minimum absolute atomic E-state index is 0.409. The topological polar surface area (TPSA) is 26.7 Å². The van der Waals surface area contributed by atoms with Crippen molar-refractivity contribution < 1.29 is 5.11 Å². The molecular formula is C16H24N2O. The first-order valence-corrected chi connectivity index (χ1v) is 7.56. The van der Waals surface area contributed by atoms with E-state index in [-0.39, 0.29) is 0 Å². The molecule has 3 heteroatoms. The molecule has 3 rings (SSSR count). The van der Waals surface area contributed by atoms with Gasteiger partial charge in [-0.25, -0.2) is 0 Å². The van der Waals surface area contributed by atoms with Crippen molar-refractivity contribution in [1.29, 1.82) is 0 Å². The average molecular weight is 260 g/mol. The molecule has 1 N–H and O–H groups in total. The minimum atomic E-state index is 0.409. The largest absolute Gasteiger partial charge is 0.508 e. The Morgan fingerprint density at radius 2 is 2.00 bits per heavy atom. The Kier molecular flexibility index (Phi) is 3.76. The minimum Gasteiger partial charge on any atom is -0.508 e. The molecule has 1 aliphatic heterocycles. The van der Waals surface area contributed by atoms with Crippen molar-refractivity contribution >= 4 is 0 Å². The number of nitrogens with zero attached hydrogens (tertiary/aromatic N) is 2. The van der Waals surface area contributed by atoms with Crippen molar-refractivity contribution in [3.05, 3.63) is 29.3 Å². The summed E-state index contributed by atoms with van der Waals surface area (Å²) in [5.41, 5.74) is 2.79. The zero-order valence-electron chi connectivity index (χ0n) is 11.8. The predicted octanol–water partition coefficient (Wildman–Crippen LogP) is 2.41. The van der Waals surface area contributed by atoms with Crippen LogP contribution in [0, 0.1) is 0 Å². The van der Waals surface area contributed by atoms with E-state index in [2.05, 4.69) is 22.8 Å². The van der Waals surface area contributed by atoms with E-state index >= 15 is 0 Å². The van der Waals surface area contributed by atoms with Crippen LogP contribution in [0.4, 0.5) is 0 Å². The number of fused-ring (bicyclic) bond motifs is 1. The van der Waals surface area contributed by atoms with Crippen LogP contribution >= 0.6 is 0 Å². The smallest absolute Gasteiger partial charge is 0.115 e. The summed E-state index contributed by atoms with van der Waals surface area (Å²) in [7, 11) is 0. The van der Waals surface area contributed by atoms with Crippen molar-refractivity contribution in [2.45, 2.75) is 32.2 Å². The fourth-order valence-electron chi connectivity index (χ4n) is 3.58. The Morgan fingerprint density at radius 1 is 1.21 bits per heavy atom. The first-order chi connectivity index (χ1) is 9.28. The molecule has 1 aromatic carbocycles. The van der Waals surface area contributed by atoms with Gasteiger partial charge in [0, 0.05) is 32.2 Å². The first-order valence-electron chi connectivity index (χ1n) is 7.56. The third-order valence-corrected chi connectivity index (χ3v) is 4.56. The fraction of sp³-hybridized carbons (Fsp3) is 0.625. The molecule has 1 heterocycles. The van der Waals surface area contributed by atoms with Crippen LogP contribution in [0.3, 0.4) is 0 Å². The highest BCUT2D eigenvalue weighted by Gasteiger charge is 2.30. The molecule has 104 valence electrons. The second-order valence-corrected chi connectivity index (χ2v) is 5.82. The van der Waals surface area contributed by atoms with Gasteiger partial charge < -0.3 is 10.0 Å². The Hall–Kier alpha value is -1.06. The number of hydrogen-bond donors (Lipinski definition) is 1. The summed E-state index contributed by atoms with van der Waals surface area (Å²) in [4.78, 5) is 5.21. The summed E-state index contributed by atoms with van der Waals surface area (Å²) in [6.45, 7) is 8.28. The number of phenolic OH excluding ortho intramolecular Hbond substituents is 1. The van der Waals surface area contributed by atoms with E-state index in [1.807, 2.05) is 12.1 Å². The second kappa shape index (κ2) is 5.51. The molecule has 0 bridgehead atoms. The van der Waals surface area contributed by atoms with Crippen LogP contribution < -0.4 is 0 Å². The lowest BCUT2D eigenvalue weighted by atomic mass is 10.1. The molecule has 1 unspecified atom stereocenters. The standard InChI is InChI=1S/C16H24N2O/c1-2-7-17-8-10-18(11-9-17)16-6-3-13-12-14(19)4-5-15(13)16/h4-5,12,16,19H,2-3,6-11H2,1H3.